The highest BCUT2D eigenvalue weighted by Gasteiger charge is 2.15. The average Bonchev–Trinajstić information content (AvgIpc) is 2.72. The SMILES string of the molecule is CC(C)(C)CCCNCCCNCCCCNCCCNCCCCOO[PH](=O)OC(C)(C)C. The Morgan fingerprint density at radius 1 is 0.588 bits per heavy atom. The van der Waals surface area contributed by atoms with E-state index in [1.54, 1.807) is 0 Å². The van der Waals surface area contributed by atoms with Crippen molar-refractivity contribution in [3.8, 4) is 0 Å². The van der Waals surface area contributed by atoms with Crippen molar-refractivity contribution in [3.63, 3.8) is 0 Å². The number of nitrogens with one attached hydrogen (secondary N) is 4. The third-order valence-corrected chi connectivity index (χ3v) is 6.03. The highest BCUT2D eigenvalue weighted by molar-refractivity contribution is 7.33. The van der Waals surface area contributed by atoms with Crippen molar-refractivity contribution >= 4 is 8.25 Å². The van der Waals surface area contributed by atoms with Crippen LogP contribution < -0.4 is 21.3 Å². The van der Waals surface area contributed by atoms with Crippen LogP contribution in [0.4, 0.5) is 0 Å². The first-order chi connectivity index (χ1) is 16.1. The zero-order valence-electron chi connectivity index (χ0n) is 23.2. The number of hydrogen-bond acceptors (Lipinski definition) is 8. The van der Waals surface area contributed by atoms with Gasteiger partial charge in [-0.15, -0.1) is 0 Å². The van der Waals surface area contributed by atoms with Gasteiger partial charge in [0.15, 0.2) is 0 Å². The first-order valence-corrected chi connectivity index (χ1v) is 14.7. The quantitative estimate of drug-likeness (QED) is 0.0647. The molecule has 0 aliphatic heterocycles. The van der Waals surface area contributed by atoms with E-state index in [9.17, 15) is 4.57 Å². The Bertz CT molecular complexity index is 471. The van der Waals surface area contributed by atoms with E-state index in [0.717, 1.165) is 71.6 Å². The zero-order valence-corrected chi connectivity index (χ0v) is 24.2. The second-order valence-corrected chi connectivity index (χ2v) is 12.0. The highest BCUT2D eigenvalue weighted by Crippen LogP contribution is 2.30. The standard InChI is InChI=1S/C25H57N4O4P/c1-24(2,3)14-11-18-29-22-13-20-27-16-8-7-15-26-19-12-21-28-17-9-10-23-31-33-34(30)32-25(4,5)6/h26-29,34H,7-23H2,1-6H3. The summed E-state index contributed by atoms with van der Waals surface area (Å²) in [6.45, 7) is 21.4. The molecule has 0 radical (unpaired) electrons. The molecule has 4 N–H and O–H groups in total. The second-order valence-electron chi connectivity index (χ2n) is 11.2. The molecule has 0 saturated carbocycles. The van der Waals surface area contributed by atoms with E-state index in [1.807, 2.05) is 20.8 Å². The molecule has 0 rings (SSSR count). The molecule has 0 bridgehead atoms. The summed E-state index contributed by atoms with van der Waals surface area (Å²) in [6, 6.07) is 0. The van der Waals surface area contributed by atoms with Gasteiger partial charge in [0.25, 0.3) is 0 Å². The van der Waals surface area contributed by atoms with Crippen LogP contribution in [0.2, 0.25) is 0 Å². The first-order valence-electron chi connectivity index (χ1n) is 13.5. The van der Waals surface area contributed by atoms with Gasteiger partial charge in [-0.2, -0.15) is 4.67 Å². The van der Waals surface area contributed by atoms with Crippen LogP contribution in [-0.2, 0) is 18.7 Å². The molecule has 0 aliphatic carbocycles. The summed E-state index contributed by atoms with van der Waals surface area (Å²) in [4.78, 5) is 4.95. The number of unbranched alkanes of at least 4 members (excludes halogenated alkanes) is 2. The maximum absolute atomic E-state index is 11.5. The van der Waals surface area contributed by atoms with Crippen LogP contribution in [0.3, 0.4) is 0 Å². The maximum atomic E-state index is 11.5. The summed E-state index contributed by atoms with van der Waals surface area (Å²) in [5.41, 5.74) is -0.0330. The number of hydrogen-bond donors (Lipinski definition) is 4. The van der Waals surface area contributed by atoms with Gasteiger partial charge in [0, 0.05) is 0 Å². The van der Waals surface area contributed by atoms with Crippen LogP contribution in [0.1, 0.15) is 92.9 Å². The van der Waals surface area contributed by atoms with Crippen LogP contribution in [0.15, 0.2) is 0 Å². The van der Waals surface area contributed by atoms with Gasteiger partial charge in [-0.05, 0) is 130 Å². The Hall–Kier alpha value is -0.0500. The smallest absolute Gasteiger partial charge is 0.317 e. The highest BCUT2D eigenvalue weighted by atomic mass is 31.1. The molecule has 0 aromatic heterocycles. The van der Waals surface area contributed by atoms with Crippen LogP contribution in [0.25, 0.3) is 0 Å². The predicted octanol–water partition coefficient (Wildman–Crippen LogP) is 4.66. The van der Waals surface area contributed by atoms with Crippen LogP contribution in [-0.4, -0.2) is 64.6 Å². The number of rotatable bonds is 24. The van der Waals surface area contributed by atoms with Crippen molar-refractivity contribution in [1.29, 1.82) is 0 Å². The van der Waals surface area contributed by atoms with Gasteiger partial charge in [-0.3, -0.25) is 4.57 Å². The van der Waals surface area contributed by atoms with Gasteiger partial charge < -0.3 is 25.8 Å². The topological polar surface area (TPSA) is 92.9 Å². The minimum absolute atomic E-state index is 0.427. The molecule has 206 valence electrons. The zero-order chi connectivity index (χ0) is 25.5. The Morgan fingerprint density at radius 2 is 1.00 bits per heavy atom. The molecule has 1 unspecified atom stereocenters. The molecule has 0 spiro atoms. The minimum atomic E-state index is -2.58. The fourth-order valence-electron chi connectivity index (χ4n) is 3.19. The molecule has 0 aliphatic rings. The van der Waals surface area contributed by atoms with E-state index in [0.29, 0.717) is 12.0 Å². The Balaban J connectivity index is 3.13. The van der Waals surface area contributed by atoms with Crippen molar-refractivity contribution in [1.82, 2.24) is 21.3 Å². The second kappa shape index (κ2) is 22.2. The maximum Gasteiger partial charge on any atom is 0.347 e. The Labute approximate surface area is 211 Å². The molecular weight excluding hydrogens is 451 g/mol. The summed E-state index contributed by atoms with van der Waals surface area (Å²) in [7, 11) is -2.58. The normalized spacial score (nSPS) is 13.5. The average molecular weight is 509 g/mol. The van der Waals surface area contributed by atoms with E-state index in [2.05, 4.69) is 42.0 Å². The monoisotopic (exact) mass is 508 g/mol. The molecule has 0 aromatic rings. The van der Waals surface area contributed by atoms with Crippen LogP contribution >= 0.6 is 8.25 Å². The largest absolute Gasteiger partial charge is 0.347 e. The van der Waals surface area contributed by atoms with E-state index >= 15 is 0 Å². The molecule has 0 saturated heterocycles. The molecular formula is C25H57N4O4P. The molecule has 1 atom stereocenters. The van der Waals surface area contributed by atoms with E-state index in [-0.39, 0.29) is 0 Å². The molecule has 34 heavy (non-hydrogen) atoms. The molecule has 0 amide bonds. The van der Waals surface area contributed by atoms with Gasteiger partial charge in [0.2, 0.25) is 0 Å². The first kappa shape index (κ1) is 34.0. The fourth-order valence-corrected chi connectivity index (χ4v) is 3.90. The summed E-state index contributed by atoms with van der Waals surface area (Å²) in [6.07, 6.45) is 9.20. The molecule has 9 heteroatoms. The van der Waals surface area contributed by atoms with Crippen LogP contribution in [0, 0.1) is 5.41 Å². The summed E-state index contributed by atoms with van der Waals surface area (Å²) in [5.74, 6) is 0. The van der Waals surface area contributed by atoms with Gasteiger partial charge in [0.05, 0.1) is 12.2 Å². The molecule has 0 heterocycles. The van der Waals surface area contributed by atoms with Crippen LogP contribution in [0.5, 0.6) is 0 Å². The Morgan fingerprint density at radius 3 is 1.44 bits per heavy atom. The van der Waals surface area contributed by atoms with Crippen molar-refractivity contribution in [2.75, 3.05) is 59.0 Å². The van der Waals surface area contributed by atoms with E-state index < -0.39 is 13.9 Å². The lowest BCUT2D eigenvalue weighted by Crippen LogP contribution is -2.25. The lowest BCUT2D eigenvalue weighted by molar-refractivity contribution is -0.213. The third-order valence-electron chi connectivity index (χ3n) is 5.00. The van der Waals surface area contributed by atoms with Gasteiger partial charge >= 0.3 is 8.25 Å². The van der Waals surface area contributed by atoms with Gasteiger partial charge in [-0.1, -0.05) is 20.8 Å². The van der Waals surface area contributed by atoms with Crippen molar-refractivity contribution in [2.45, 2.75) is 98.5 Å². The van der Waals surface area contributed by atoms with Crippen molar-refractivity contribution in [3.05, 3.63) is 0 Å². The lowest BCUT2D eigenvalue weighted by atomic mass is 9.91. The Kier molecular flexibility index (Phi) is 22.1. The predicted molar refractivity (Wildman–Crippen MR) is 145 cm³/mol. The van der Waals surface area contributed by atoms with E-state index in [1.165, 1.54) is 32.1 Å². The summed E-state index contributed by atoms with van der Waals surface area (Å²) >= 11 is 0. The fraction of sp³-hybridized carbons (Fsp3) is 1.00. The lowest BCUT2D eigenvalue weighted by Gasteiger charge is -2.17. The van der Waals surface area contributed by atoms with E-state index in [4.69, 9.17) is 14.1 Å². The van der Waals surface area contributed by atoms with Gasteiger partial charge in [-0.25, -0.2) is 4.89 Å². The summed E-state index contributed by atoms with van der Waals surface area (Å²) < 4.78 is 21.4. The molecule has 0 aromatic carbocycles. The minimum Gasteiger partial charge on any atom is -0.317 e. The molecule has 0 fully saturated rings. The van der Waals surface area contributed by atoms with Gasteiger partial charge in [0.1, 0.15) is 0 Å². The summed E-state index contributed by atoms with van der Waals surface area (Å²) in [5, 5.41) is 14.0. The molecule has 8 nitrogen and oxygen atoms in total. The van der Waals surface area contributed by atoms with Crippen molar-refractivity contribution < 1.29 is 18.7 Å². The van der Waals surface area contributed by atoms with Crippen molar-refractivity contribution in [2.24, 2.45) is 5.41 Å². The third kappa shape index (κ3) is 30.0.